The molecule has 0 bridgehead atoms. The van der Waals surface area contributed by atoms with Crippen LogP contribution >= 0.6 is 11.6 Å². The Balaban J connectivity index is 2.42. The fourth-order valence-electron chi connectivity index (χ4n) is 1.60. The van der Waals surface area contributed by atoms with Crippen molar-refractivity contribution in [1.29, 1.82) is 0 Å². The number of nitrogens with two attached hydrogens (primary N) is 1. The molecule has 1 atom stereocenters. The number of hydrogen-bond donors (Lipinski definition) is 1. The highest BCUT2D eigenvalue weighted by molar-refractivity contribution is 6.35. The number of Topliss-reactive ketones (excluding diaryl/α,β-unsaturated/α-hetero) is 1. The predicted octanol–water partition coefficient (Wildman–Crippen LogP) is 1.73. The first-order valence-corrected chi connectivity index (χ1v) is 6.79. The quantitative estimate of drug-likeness (QED) is 0.449. The minimum absolute atomic E-state index is 0.0697. The van der Waals surface area contributed by atoms with Crippen molar-refractivity contribution in [2.45, 2.75) is 31.9 Å². The van der Waals surface area contributed by atoms with Crippen LogP contribution in [-0.4, -0.2) is 24.3 Å². The first-order valence-electron chi connectivity index (χ1n) is 6.41. The second-order valence-electron chi connectivity index (χ2n) is 4.37. The van der Waals surface area contributed by atoms with Gasteiger partial charge in [-0.1, -0.05) is 36.2 Å². The van der Waals surface area contributed by atoms with Gasteiger partial charge in [0.15, 0.2) is 0 Å². The summed E-state index contributed by atoms with van der Waals surface area (Å²) >= 11 is 5.91. The van der Waals surface area contributed by atoms with Crippen LogP contribution in [0.4, 0.5) is 0 Å². The zero-order valence-corrected chi connectivity index (χ0v) is 11.9. The van der Waals surface area contributed by atoms with E-state index >= 15 is 0 Å². The van der Waals surface area contributed by atoms with Crippen molar-refractivity contribution in [3.05, 3.63) is 34.9 Å². The van der Waals surface area contributed by atoms with Crippen LogP contribution in [-0.2, 0) is 20.9 Å². The Morgan fingerprint density at radius 2 is 2.00 bits per heavy atom. The van der Waals surface area contributed by atoms with Gasteiger partial charge in [0, 0.05) is 10.6 Å². The van der Waals surface area contributed by atoms with Gasteiger partial charge in [0.25, 0.3) is 5.78 Å². The fourth-order valence-corrected chi connectivity index (χ4v) is 1.79. The summed E-state index contributed by atoms with van der Waals surface area (Å²) < 4.78 is 4.88. The Kier molecular flexibility index (Phi) is 7.22. The smallest absolute Gasteiger partial charge is 0.376 e. The van der Waals surface area contributed by atoms with Gasteiger partial charge < -0.3 is 10.5 Å². The second-order valence-corrected chi connectivity index (χ2v) is 4.78. The van der Waals surface area contributed by atoms with Gasteiger partial charge in [-0.25, -0.2) is 10.5 Å². The average molecular weight is 298 g/mol. The lowest BCUT2D eigenvalue weighted by molar-refractivity contribution is -0.155. The first-order chi connectivity index (χ1) is 9.56. The van der Waals surface area contributed by atoms with Crippen LogP contribution in [0.2, 0.25) is 5.02 Å². The molecule has 0 aliphatic heterocycles. The van der Waals surface area contributed by atoms with Crippen LogP contribution in [0.25, 0.3) is 0 Å². The van der Waals surface area contributed by atoms with Crippen molar-refractivity contribution >= 4 is 23.4 Å². The molecule has 0 saturated heterocycles. The lowest BCUT2D eigenvalue weighted by atomic mass is 10.1. The van der Waals surface area contributed by atoms with Gasteiger partial charge >= 0.3 is 5.97 Å². The molecule has 0 amide bonds. The fraction of sp³-hybridized carbons (Fsp3) is 0.429. The van der Waals surface area contributed by atoms with Gasteiger partial charge in [0.1, 0.15) is 6.61 Å². The molecule has 20 heavy (non-hydrogen) atoms. The number of hydrogen-bond acceptors (Lipinski definition) is 4. The number of carbonyl (C=O) groups is 2. The largest absolute Gasteiger partial charge is 0.455 e. The third-order valence-electron chi connectivity index (χ3n) is 2.78. The predicted molar refractivity (Wildman–Crippen MR) is 76.0 cm³/mol. The van der Waals surface area contributed by atoms with Crippen molar-refractivity contribution in [3.63, 3.8) is 0 Å². The second kappa shape index (κ2) is 8.68. The Hall–Kier alpha value is -1.43. The van der Waals surface area contributed by atoms with Crippen LogP contribution in [0, 0.1) is 0 Å². The third-order valence-corrected chi connectivity index (χ3v) is 3.15. The molecule has 0 unspecified atom stereocenters. The molecule has 1 aromatic carbocycles. The van der Waals surface area contributed by atoms with Crippen LogP contribution < -0.4 is 11.5 Å². The minimum Gasteiger partial charge on any atom is -0.455 e. The highest BCUT2D eigenvalue weighted by Gasteiger charge is 2.23. The molecule has 0 saturated carbocycles. The van der Waals surface area contributed by atoms with Crippen molar-refractivity contribution in [1.82, 2.24) is 5.73 Å². The van der Waals surface area contributed by atoms with E-state index in [1.165, 1.54) is 0 Å². The first kappa shape index (κ1) is 16.6. The molecule has 0 heterocycles. The molecule has 0 aromatic heterocycles. The van der Waals surface area contributed by atoms with E-state index in [9.17, 15) is 9.59 Å². The van der Waals surface area contributed by atoms with Gasteiger partial charge in [0.05, 0.1) is 6.04 Å². The van der Waals surface area contributed by atoms with Crippen molar-refractivity contribution in [2.24, 2.45) is 5.73 Å². The Bertz CT molecular complexity index is 465. The van der Waals surface area contributed by atoms with Gasteiger partial charge in [-0.2, -0.15) is 0 Å². The standard InChI is InChI=1S/C14H18ClN2O3/c15-11-6-2-1-5-10(11)9-20-14(19)13(18)12(17)7-3-4-8-16/h1-2,5-6,12,17H,3-4,7-9,16H2/t12-/m0/s1. The van der Waals surface area contributed by atoms with Crippen LogP contribution in [0.3, 0.4) is 0 Å². The summed E-state index contributed by atoms with van der Waals surface area (Å²) in [7, 11) is 0. The molecule has 6 heteroatoms. The van der Waals surface area contributed by atoms with Gasteiger partial charge in [-0.3, -0.25) is 4.79 Å². The van der Waals surface area contributed by atoms with E-state index in [0.29, 0.717) is 30.0 Å². The lowest BCUT2D eigenvalue weighted by Gasteiger charge is -2.09. The molecule has 0 spiro atoms. The third kappa shape index (κ3) is 5.28. The zero-order valence-electron chi connectivity index (χ0n) is 11.1. The van der Waals surface area contributed by atoms with Crippen molar-refractivity contribution in [3.8, 4) is 0 Å². The van der Waals surface area contributed by atoms with Gasteiger partial charge in [-0.15, -0.1) is 0 Å². The summed E-state index contributed by atoms with van der Waals surface area (Å²) in [6.07, 6.45) is 1.70. The van der Waals surface area contributed by atoms with E-state index in [4.69, 9.17) is 27.8 Å². The van der Waals surface area contributed by atoms with E-state index in [2.05, 4.69) is 0 Å². The Labute approximate surface area is 123 Å². The number of rotatable bonds is 8. The Morgan fingerprint density at radius 3 is 2.65 bits per heavy atom. The van der Waals surface area contributed by atoms with Crippen molar-refractivity contribution < 1.29 is 14.3 Å². The number of esters is 1. The molecule has 5 nitrogen and oxygen atoms in total. The maximum absolute atomic E-state index is 11.6. The monoisotopic (exact) mass is 297 g/mol. The molecule has 109 valence electrons. The number of halogens is 1. The summed E-state index contributed by atoms with van der Waals surface area (Å²) in [4.78, 5) is 23.2. The maximum atomic E-state index is 11.6. The SMILES string of the molecule is [NH][C@@H](CCCCN)C(=O)C(=O)OCc1ccccc1Cl. The number of ketones is 1. The molecule has 1 rings (SSSR count). The highest BCUT2D eigenvalue weighted by atomic mass is 35.5. The summed E-state index contributed by atoms with van der Waals surface area (Å²) in [5.41, 5.74) is 13.5. The van der Waals surface area contributed by atoms with E-state index in [1.54, 1.807) is 24.3 Å². The van der Waals surface area contributed by atoms with Crippen molar-refractivity contribution in [2.75, 3.05) is 6.54 Å². The van der Waals surface area contributed by atoms with Crippen LogP contribution in [0.5, 0.6) is 0 Å². The molecule has 0 aliphatic rings. The molecule has 0 fully saturated rings. The number of benzene rings is 1. The topological polar surface area (TPSA) is 93.2 Å². The average Bonchev–Trinajstić information content (AvgIpc) is 2.45. The summed E-state index contributed by atoms with van der Waals surface area (Å²) in [5, 5.41) is 0.470. The highest BCUT2D eigenvalue weighted by Crippen LogP contribution is 2.15. The number of ether oxygens (including phenoxy) is 1. The van der Waals surface area contributed by atoms with Crippen LogP contribution in [0.15, 0.2) is 24.3 Å². The number of carbonyl (C=O) groups excluding carboxylic acids is 2. The molecule has 1 radical (unpaired) electrons. The number of unbranched alkanes of at least 4 members (excludes halogenated alkanes) is 1. The lowest BCUT2D eigenvalue weighted by Crippen LogP contribution is -2.31. The minimum atomic E-state index is -1.08. The normalized spacial score (nSPS) is 11.9. The summed E-state index contributed by atoms with van der Waals surface area (Å²) in [5.74, 6) is -1.81. The molecule has 3 N–H and O–H groups in total. The van der Waals surface area contributed by atoms with Gasteiger partial charge in [0.2, 0.25) is 0 Å². The zero-order chi connectivity index (χ0) is 15.0. The summed E-state index contributed by atoms with van der Waals surface area (Å²) in [6.45, 7) is 0.442. The maximum Gasteiger partial charge on any atom is 0.376 e. The van der Waals surface area contributed by atoms with E-state index < -0.39 is 17.8 Å². The number of nitrogens with one attached hydrogen (secondary N) is 1. The molecule has 0 aliphatic carbocycles. The Morgan fingerprint density at radius 1 is 1.30 bits per heavy atom. The van der Waals surface area contributed by atoms with E-state index in [1.807, 2.05) is 0 Å². The van der Waals surface area contributed by atoms with Crippen LogP contribution in [0.1, 0.15) is 24.8 Å². The summed E-state index contributed by atoms with van der Waals surface area (Å²) in [6, 6.07) is 5.82. The molecular weight excluding hydrogens is 280 g/mol. The molecule has 1 aromatic rings. The van der Waals surface area contributed by atoms with E-state index in [-0.39, 0.29) is 6.61 Å². The van der Waals surface area contributed by atoms with Gasteiger partial charge in [-0.05, 0) is 25.5 Å². The van der Waals surface area contributed by atoms with E-state index in [0.717, 1.165) is 6.42 Å². The molecular formula is C14H18ClN2O3.